The second kappa shape index (κ2) is 10.3. The van der Waals surface area contributed by atoms with Gasteiger partial charge in [-0.05, 0) is 5.56 Å². The van der Waals surface area contributed by atoms with Gasteiger partial charge in [0.15, 0.2) is 0 Å². The molecule has 6 nitrogen and oxygen atoms in total. The van der Waals surface area contributed by atoms with Crippen molar-refractivity contribution < 1.29 is 9.59 Å². The first-order valence-corrected chi connectivity index (χ1v) is 11.4. The minimum atomic E-state index is -0.129. The molecule has 2 heterocycles. The van der Waals surface area contributed by atoms with Gasteiger partial charge >= 0.3 is 0 Å². The molecule has 2 amide bonds. The van der Waals surface area contributed by atoms with Gasteiger partial charge in [0.1, 0.15) is 5.01 Å². The molecule has 31 heavy (non-hydrogen) atoms. The number of benzene rings is 2. The van der Waals surface area contributed by atoms with Crippen molar-refractivity contribution in [3.05, 3.63) is 77.3 Å². The van der Waals surface area contributed by atoms with Crippen LogP contribution in [0.4, 0.5) is 0 Å². The zero-order valence-electron chi connectivity index (χ0n) is 17.4. The van der Waals surface area contributed by atoms with Crippen LogP contribution in [0.25, 0.3) is 10.6 Å². The van der Waals surface area contributed by atoms with Crippen LogP contribution < -0.4 is 5.32 Å². The molecule has 2 aromatic carbocycles. The minimum Gasteiger partial charge on any atom is -0.347 e. The zero-order chi connectivity index (χ0) is 21.5. The zero-order valence-corrected chi connectivity index (χ0v) is 18.2. The van der Waals surface area contributed by atoms with Crippen molar-refractivity contribution in [1.82, 2.24) is 20.1 Å². The SMILES string of the molecule is O=C(Cc1ccccc1)NCC(=O)N1CCN(Cc2csc(-c3ccccc3)n2)CC1. The number of nitrogens with zero attached hydrogens (tertiary/aromatic N) is 3. The molecule has 4 rings (SSSR count). The Bertz CT molecular complexity index is 999. The van der Waals surface area contributed by atoms with Crippen LogP contribution in [0.1, 0.15) is 11.3 Å². The summed E-state index contributed by atoms with van der Waals surface area (Å²) in [6.07, 6.45) is 0.292. The number of hydrogen-bond acceptors (Lipinski definition) is 5. The van der Waals surface area contributed by atoms with E-state index in [1.807, 2.05) is 53.4 Å². The molecular formula is C24H26N4O2S. The summed E-state index contributed by atoms with van der Waals surface area (Å²) < 4.78 is 0. The molecule has 1 aliphatic heterocycles. The molecule has 0 radical (unpaired) electrons. The van der Waals surface area contributed by atoms with Gasteiger partial charge in [0.2, 0.25) is 11.8 Å². The van der Waals surface area contributed by atoms with Gasteiger partial charge < -0.3 is 10.2 Å². The molecule has 0 saturated carbocycles. The number of rotatable bonds is 7. The maximum absolute atomic E-state index is 12.5. The summed E-state index contributed by atoms with van der Waals surface area (Å²) in [7, 11) is 0. The molecule has 1 saturated heterocycles. The van der Waals surface area contributed by atoms with E-state index in [2.05, 4.69) is 27.7 Å². The molecule has 0 spiro atoms. The summed E-state index contributed by atoms with van der Waals surface area (Å²) in [5.41, 5.74) is 3.15. The number of carbonyl (C=O) groups excluding carboxylic acids is 2. The van der Waals surface area contributed by atoms with E-state index < -0.39 is 0 Å². The van der Waals surface area contributed by atoms with Crippen molar-refractivity contribution in [2.75, 3.05) is 32.7 Å². The second-order valence-electron chi connectivity index (χ2n) is 7.61. The number of carbonyl (C=O) groups is 2. The van der Waals surface area contributed by atoms with Gasteiger partial charge in [0, 0.05) is 43.7 Å². The highest BCUT2D eigenvalue weighted by atomic mass is 32.1. The van der Waals surface area contributed by atoms with Crippen LogP contribution >= 0.6 is 11.3 Å². The van der Waals surface area contributed by atoms with Crippen molar-refractivity contribution >= 4 is 23.2 Å². The number of amides is 2. The summed E-state index contributed by atoms with van der Waals surface area (Å²) >= 11 is 1.66. The highest BCUT2D eigenvalue weighted by Gasteiger charge is 2.22. The van der Waals surface area contributed by atoms with Crippen LogP contribution in [0.15, 0.2) is 66.0 Å². The Morgan fingerprint density at radius 2 is 1.61 bits per heavy atom. The van der Waals surface area contributed by atoms with E-state index in [9.17, 15) is 9.59 Å². The number of nitrogens with one attached hydrogen (secondary N) is 1. The fourth-order valence-corrected chi connectivity index (χ4v) is 4.42. The summed E-state index contributed by atoms with van der Waals surface area (Å²) in [6.45, 7) is 3.80. The van der Waals surface area contributed by atoms with Gasteiger partial charge in [0.25, 0.3) is 0 Å². The van der Waals surface area contributed by atoms with Gasteiger partial charge in [-0.15, -0.1) is 11.3 Å². The predicted molar refractivity (Wildman–Crippen MR) is 123 cm³/mol. The van der Waals surface area contributed by atoms with Crippen molar-refractivity contribution in [3.63, 3.8) is 0 Å². The lowest BCUT2D eigenvalue weighted by Crippen LogP contribution is -2.51. The van der Waals surface area contributed by atoms with Crippen molar-refractivity contribution in [2.24, 2.45) is 0 Å². The third kappa shape index (κ3) is 5.99. The van der Waals surface area contributed by atoms with E-state index in [4.69, 9.17) is 4.98 Å². The van der Waals surface area contributed by atoms with Gasteiger partial charge in [0.05, 0.1) is 18.7 Å². The Morgan fingerprint density at radius 1 is 0.935 bits per heavy atom. The normalized spacial score (nSPS) is 14.4. The summed E-state index contributed by atoms with van der Waals surface area (Å²) in [6, 6.07) is 19.7. The molecule has 0 aliphatic carbocycles. The molecular weight excluding hydrogens is 408 g/mol. The molecule has 1 aromatic heterocycles. The van der Waals surface area contributed by atoms with E-state index in [1.54, 1.807) is 11.3 Å². The van der Waals surface area contributed by atoms with E-state index in [-0.39, 0.29) is 18.4 Å². The fraction of sp³-hybridized carbons (Fsp3) is 0.292. The lowest BCUT2D eigenvalue weighted by molar-refractivity contribution is -0.134. The van der Waals surface area contributed by atoms with Crippen LogP contribution in [0.3, 0.4) is 0 Å². The van der Waals surface area contributed by atoms with Crippen LogP contribution in [-0.2, 0) is 22.6 Å². The third-order valence-corrected chi connectivity index (χ3v) is 6.27. The van der Waals surface area contributed by atoms with E-state index >= 15 is 0 Å². The first-order valence-electron chi connectivity index (χ1n) is 10.5. The number of thiazole rings is 1. The molecule has 7 heteroatoms. The highest BCUT2D eigenvalue weighted by Crippen LogP contribution is 2.24. The van der Waals surface area contributed by atoms with Gasteiger partial charge in [-0.2, -0.15) is 0 Å². The van der Waals surface area contributed by atoms with Gasteiger partial charge in [-0.25, -0.2) is 4.98 Å². The molecule has 3 aromatic rings. The molecule has 1 N–H and O–H groups in total. The average Bonchev–Trinajstić information content (AvgIpc) is 3.28. The van der Waals surface area contributed by atoms with E-state index in [0.717, 1.165) is 41.5 Å². The van der Waals surface area contributed by atoms with Gasteiger partial charge in [-0.3, -0.25) is 14.5 Å². The first-order chi connectivity index (χ1) is 15.2. The Labute approximate surface area is 186 Å². The summed E-state index contributed by atoms with van der Waals surface area (Å²) in [5.74, 6) is -0.156. The predicted octanol–water partition coefficient (Wildman–Crippen LogP) is 2.81. The molecule has 0 bridgehead atoms. The lowest BCUT2D eigenvalue weighted by Gasteiger charge is -2.34. The molecule has 160 valence electrons. The van der Waals surface area contributed by atoms with E-state index in [0.29, 0.717) is 19.5 Å². The molecule has 0 unspecified atom stereocenters. The Hall–Kier alpha value is -3.03. The Morgan fingerprint density at radius 3 is 2.32 bits per heavy atom. The topological polar surface area (TPSA) is 65.5 Å². The molecule has 1 fully saturated rings. The quantitative estimate of drug-likeness (QED) is 0.621. The maximum atomic E-state index is 12.5. The monoisotopic (exact) mass is 434 g/mol. The second-order valence-corrected chi connectivity index (χ2v) is 8.46. The molecule has 0 atom stereocenters. The van der Waals surface area contributed by atoms with Crippen LogP contribution in [0.2, 0.25) is 0 Å². The smallest absolute Gasteiger partial charge is 0.242 e. The van der Waals surface area contributed by atoms with Gasteiger partial charge in [-0.1, -0.05) is 60.7 Å². The standard InChI is InChI=1S/C24H26N4O2S/c29-22(15-19-7-3-1-4-8-19)25-16-23(30)28-13-11-27(12-14-28)17-21-18-31-24(26-21)20-9-5-2-6-10-20/h1-10,18H,11-17H2,(H,25,29). The number of piperazine rings is 1. The summed E-state index contributed by atoms with van der Waals surface area (Å²) in [5, 5.41) is 5.90. The maximum Gasteiger partial charge on any atom is 0.242 e. The first kappa shape index (κ1) is 21.2. The largest absolute Gasteiger partial charge is 0.347 e. The number of aromatic nitrogens is 1. The minimum absolute atomic E-state index is 0.0268. The lowest BCUT2D eigenvalue weighted by atomic mass is 10.1. The van der Waals surface area contributed by atoms with Crippen LogP contribution in [0.5, 0.6) is 0 Å². The van der Waals surface area contributed by atoms with Crippen LogP contribution in [-0.4, -0.2) is 59.3 Å². The average molecular weight is 435 g/mol. The third-order valence-electron chi connectivity index (χ3n) is 5.33. The van der Waals surface area contributed by atoms with Crippen LogP contribution in [0, 0.1) is 0 Å². The van der Waals surface area contributed by atoms with Crippen molar-refractivity contribution in [1.29, 1.82) is 0 Å². The van der Waals surface area contributed by atoms with Crippen molar-refractivity contribution in [3.8, 4) is 10.6 Å². The molecule has 1 aliphatic rings. The highest BCUT2D eigenvalue weighted by molar-refractivity contribution is 7.13. The number of hydrogen-bond donors (Lipinski definition) is 1. The Kier molecular flexibility index (Phi) is 7.07. The van der Waals surface area contributed by atoms with Crippen molar-refractivity contribution in [2.45, 2.75) is 13.0 Å². The Balaban J connectivity index is 1.19. The fourth-order valence-electron chi connectivity index (χ4n) is 3.61. The summed E-state index contributed by atoms with van der Waals surface area (Å²) in [4.78, 5) is 33.4. The van der Waals surface area contributed by atoms with E-state index in [1.165, 1.54) is 0 Å².